The van der Waals surface area contributed by atoms with Crippen molar-refractivity contribution in [2.75, 3.05) is 24.4 Å². The second-order valence-corrected chi connectivity index (χ2v) is 32.8. The standard InChI is InChI=1S/C31H48BrN3O3SSi3/c1-36-22-16-21(32)20-15-24-31(38-42(8,9)10)17-23-26(33-29(39-23)35(40(2,3)4)41(5,6)7)28-30(31,25(20)27(22)37-28)13-14-34(24)18-19-11-12-19/h16,19,24,28H,11-15,17-18H2,1-10H3/t24-,28+,30+,31-/m1/s1. The van der Waals surface area contributed by atoms with Crippen LogP contribution in [0, 0.1) is 5.92 Å². The number of benzene rings is 1. The molecule has 2 aromatic rings. The van der Waals surface area contributed by atoms with Crippen molar-refractivity contribution in [3.63, 3.8) is 0 Å². The predicted octanol–water partition coefficient (Wildman–Crippen LogP) is 7.95. The second-order valence-electron chi connectivity index (χ2n) is 16.4. The van der Waals surface area contributed by atoms with Crippen LogP contribution in [0.2, 0.25) is 58.9 Å². The average molecular weight is 707 g/mol. The summed E-state index contributed by atoms with van der Waals surface area (Å²) in [5.74, 6) is 2.60. The molecule has 0 N–H and O–H groups in total. The van der Waals surface area contributed by atoms with Gasteiger partial charge in [-0.15, -0.1) is 11.3 Å². The Morgan fingerprint density at radius 2 is 1.81 bits per heavy atom. The third kappa shape index (κ3) is 4.26. The van der Waals surface area contributed by atoms with Crippen LogP contribution in [-0.4, -0.2) is 66.5 Å². The number of anilines is 1. The maximum absolute atomic E-state index is 7.74. The molecule has 3 aliphatic carbocycles. The van der Waals surface area contributed by atoms with E-state index in [-0.39, 0.29) is 17.1 Å². The lowest BCUT2D eigenvalue weighted by Crippen LogP contribution is -2.77. The van der Waals surface area contributed by atoms with Crippen LogP contribution in [0.15, 0.2) is 10.5 Å². The molecule has 1 saturated heterocycles. The van der Waals surface area contributed by atoms with Crippen LogP contribution in [0.1, 0.15) is 47.1 Å². The molecule has 7 rings (SSSR count). The van der Waals surface area contributed by atoms with Gasteiger partial charge in [0.05, 0.1) is 23.8 Å². The second kappa shape index (κ2) is 9.42. The van der Waals surface area contributed by atoms with Gasteiger partial charge in [0.2, 0.25) is 0 Å². The zero-order valence-corrected chi connectivity index (χ0v) is 32.5. The number of likely N-dealkylation sites (tertiary alicyclic amines) is 1. The molecule has 3 heterocycles. The van der Waals surface area contributed by atoms with Crippen molar-refractivity contribution in [3.8, 4) is 11.5 Å². The monoisotopic (exact) mass is 705 g/mol. The van der Waals surface area contributed by atoms with E-state index in [1.54, 1.807) is 7.11 Å². The normalized spacial score (nSPS) is 30.1. The molecule has 2 bridgehead atoms. The van der Waals surface area contributed by atoms with Gasteiger partial charge >= 0.3 is 0 Å². The molecular weight excluding hydrogens is 659 g/mol. The Balaban J connectivity index is 1.50. The number of ether oxygens (including phenoxy) is 2. The van der Waals surface area contributed by atoms with E-state index < -0.39 is 24.8 Å². The fourth-order valence-corrected chi connectivity index (χ4v) is 23.4. The third-order valence-electron chi connectivity index (χ3n) is 10.2. The van der Waals surface area contributed by atoms with E-state index >= 15 is 0 Å². The van der Waals surface area contributed by atoms with E-state index in [1.807, 2.05) is 11.3 Å². The van der Waals surface area contributed by atoms with Crippen molar-refractivity contribution >= 4 is 57.2 Å². The lowest BCUT2D eigenvalue weighted by atomic mass is 9.49. The Bertz CT molecular complexity index is 1430. The highest BCUT2D eigenvalue weighted by Gasteiger charge is 2.75. The maximum Gasteiger partial charge on any atom is 0.184 e. The first-order chi connectivity index (χ1) is 19.5. The van der Waals surface area contributed by atoms with Gasteiger partial charge in [0.15, 0.2) is 31.1 Å². The summed E-state index contributed by atoms with van der Waals surface area (Å²) in [6.07, 6.45) is 5.52. The molecule has 5 aliphatic rings. The molecular formula is C31H48BrN3O3SSi3. The number of methoxy groups -OCH3 is 1. The summed E-state index contributed by atoms with van der Waals surface area (Å²) in [5, 5.41) is 1.22. The first-order valence-electron chi connectivity index (χ1n) is 15.8. The van der Waals surface area contributed by atoms with Crippen LogP contribution in [0.3, 0.4) is 0 Å². The summed E-state index contributed by atoms with van der Waals surface area (Å²) < 4.78 is 24.9. The molecule has 1 saturated carbocycles. The molecule has 2 fully saturated rings. The van der Waals surface area contributed by atoms with Crippen molar-refractivity contribution in [1.29, 1.82) is 0 Å². The number of rotatable bonds is 8. The number of halogens is 1. The van der Waals surface area contributed by atoms with E-state index in [4.69, 9.17) is 18.9 Å². The molecule has 230 valence electrons. The lowest BCUT2D eigenvalue weighted by Gasteiger charge is -2.66. The SMILES string of the molecule is COc1cc(Br)c2c3c1O[C@H]1c4nc(N([Si](C)(C)C)[Si](C)(C)C)sc4C[C@@]4(O[Si](C)(C)C)[C@@H](C2)N(CC2CC2)CC[C@]314. The maximum atomic E-state index is 7.74. The van der Waals surface area contributed by atoms with Gasteiger partial charge in [-0.2, -0.15) is 0 Å². The van der Waals surface area contributed by atoms with Gasteiger partial charge in [-0.25, -0.2) is 4.98 Å². The molecule has 1 aromatic heterocycles. The topological polar surface area (TPSA) is 47.1 Å². The van der Waals surface area contributed by atoms with Crippen LogP contribution in [0.5, 0.6) is 11.5 Å². The highest BCUT2D eigenvalue weighted by molar-refractivity contribution is 9.10. The summed E-state index contributed by atoms with van der Waals surface area (Å²) in [7, 11) is -3.56. The molecule has 0 radical (unpaired) electrons. The molecule has 1 aromatic carbocycles. The zero-order valence-electron chi connectivity index (χ0n) is 27.1. The molecule has 0 unspecified atom stereocenters. The number of fused-ring (bicyclic) bond motifs is 2. The Morgan fingerprint density at radius 1 is 1.12 bits per heavy atom. The number of hydrogen-bond donors (Lipinski definition) is 0. The van der Waals surface area contributed by atoms with Crippen molar-refractivity contribution in [2.24, 2.45) is 5.92 Å². The zero-order chi connectivity index (χ0) is 30.2. The number of nitrogens with zero attached hydrogens (tertiary/aromatic N) is 3. The van der Waals surface area contributed by atoms with Gasteiger partial charge in [-0.05, 0) is 69.4 Å². The Hall–Kier alpha value is -0.699. The number of aromatic nitrogens is 1. The van der Waals surface area contributed by atoms with Crippen molar-refractivity contribution in [3.05, 3.63) is 32.2 Å². The van der Waals surface area contributed by atoms with Crippen molar-refractivity contribution in [1.82, 2.24) is 9.88 Å². The predicted molar refractivity (Wildman–Crippen MR) is 184 cm³/mol. The Labute approximate surface area is 268 Å². The molecule has 1 spiro atoms. The molecule has 0 amide bonds. The first-order valence-corrected chi connectivity index (χ1v) is 27.7. The smallest absolute Gasteiger partial charge is 0.184 e. The van der Waals surface area contributed by atoms with E-state index in [9.17, 15) is 0 Å². The molecule has 2 aliphatic heterocycles. The fraction of sp³-hybridized carbons (Fsp3) is 0.710. The van der Waals surface area contributed by atoms with Gasteiger partial charge in [0.25, 0.3) is 0 Å². The van der Waals surface area contributed by atoms with Crippen molar-refractivity contribution in [2.45, 2.75) is 114 Å². The molecule has 11 heteroatoms. The van der Waals surface area contributed by atoms with Crippen LogP contribution in [0.4, 0.5) is 5.13 Å². The summed E-state index contributed by atoms with van der Waals surface area (Å²) in [6.45, 7) is 24.3. The van der Waals surface area contributed by atoms with E-state index in [0.717, 1.165) is 47.7 Å². The molecule has 4 atom stereocenters. The molecule has 6 nitrogen and oxygen atoms in total. The van der Waals surface area contributed by atoms with Crippen LogP contribution < -0.4 is 13.7 Å². The average Bonchev–Trinajstić information content (AvgIpc) is 3.46. The van der Waals surface area contributed by atoms with Gasteiger partial charge in [0.1, 0.15) is 16.5 Å². The van der Waals surface area contributed by atoms with Gasteiger partial charge in [0, 0.05) is 33.9 Å². The highest BCUT2D eigenvalue weighted by atomic mass is 79.9. The minimum absolute atomic E-state index is 0.157. The molecule has 42 heavy (non-hydrogen) atoms. The minimum atomic E-state index is -1.98. The van der Waals surface area contributed by atoms with Gasteiger partial charge in [-0.1, -0.05) is 55.2 Å². The van der Waals surface area contributed by atoms with Crippen molar-refractivity contribution < 1.29 is 13.9 Å². The first kappa shape index (κ1) is 30.0. The fourth-order valence-electron chi connectivity index (χ4n) is 9.15. The highest BCUT2D eigenvalue weighted by Crippen LogP contribution is 2.71. The number of piperidine rings is 1. The largest absolute Gasteiger partial charge is 0.493 e. The summed E-state index contributed by atoms with van der Waals surface area (Å²) in [4.78, 5) is 9.82. The van der Waals surface area contributed by atoms with Gasteiger partial charge in [-0.3, -0.25) is 4.90 Å². The lowest BCUT2D eigenvalue weighted by molar-refractivity contribution is -0.161. The Kier molecular flexibility index (Phi) is 6.72. The number of thiazole rings is 1. The minimum Gasteiger partial charge on any atom is -0.493 e. The summed E-state index contributed by atoms with van der Waals surface area (Å²) in [5.41, 5.74) is 3.30. The summed E-state index contributed by atoms with van der Waals surface area (Å²) >= 11 is 5.96. The number of hydrogen-bond acceptors (Lipinski definition) is 7. The van der Waals surface area contributed by atoms with E-state index in [1.165, 1.54) is 46.2 Å². The van der Waals surface area contributed by atoms with E-state index in [0.29, 0.717) is 6.04 Å². The Morgan fingerprint density at radius 3 is 2.40 bits per heavy atom. The third-order valence-corrected chi connectivity index (χ3v) is 20.4. The van der Waals surface area contributed by atoms with Crippen LogP contribution in [-0.2, 0) is 22.7 Å². The van der Waals surface area contributed by atoms with Crippen LogP contribution in [0.25, 0.3) is 0 Å². The van der Waals surface area contributed by atoms with Crippen LogP contribution >= 0.6 is 27.3 Å². The summed E-state index contributed by atoms with van der Waals surface area (Å²) in [6, 6.07) is 2.46. The van der Waals surface area contributed by atoms with Gasteiger partial charge < -0.3 is 18.1 Å². The quantitative estimate of drug-likeness (QED) is 0.260. The van der Waals surface area contributed by atoms with E-state index in [2.05, 4.69) is 90.1 Å².